The molecule has 7 heteroatoms. The lowest BCUT2D eigenvalue weighted by Crippen LogP contribution is -2.40. The van der Waals surface area contributed by atoms with Gasteiger partial charge in [0.15, 0.2) is 6.61 Å². The molecule has 1 saturated heterocycles. The van der Waals surface area contributed by atoms with Gasteiger partial charge in [-0.05, 0) is 62.7 Å². The van der Waals surface area contributed by atoms with Crippen molar-refractivity contribution in [2.24, 2.45) is 0 Å². The molecule has 1 aliphatic heterocycles. The summed E-state index contributed by atoms with van der Waals surface area (Å²) in [5.74, 6) is 2.25. The molecule has 0 atom stereocenters. The van der Waals surface area contributed by atoms with Crippen LogP contribution in [0, 0.1) is 0 Å². The summed E-state index contributed by atoms with van der Waals surface area (Å²) in [5.41, 5.74) is 0.998. The SMILES string of the molecule is CCCCOc1ccc(OCC(=O)N(CCN2CCCC2)Cc2ccccc2OC)cc1.Cl. The van der Waals surface area contributed by atoms with Crippen LogP contribution < -0.4 is 14.2 Å². The number of hydrogen-bond donors (Lipinski definition) is 0. The number of halogens is 1. The first kappa shape index (κ1) is 26.8. The first-order valence-corrected chi connectivity index (χ1v) is 11.7. The van der Waals surface area contributed by atoms with Gasteiger partial charge in [0.05, 0.1) is 13.7 Å². The van der Waals surface area contributed by atoms with Gasteiger partial charge in [0.1, 0.15) is 17.2 Å². The molecule has 0 spiro atoms. The van der Waals surface area contributed by atoms with Crippen LogP contribution in [-0.4, -0.2) is 62.2 Å². The number of likely N-dealkylation sites (tertiary alicyclic amines) is 1. The predicted molar refractivity (Wildman–Crippen MR) is 134 cm³/mol. The minimum Gasteiger partial charge on any atom is -0.496 e. The molecule has 0 unspecified atom stereocenters. The molecular weight excluding hydrogens is 440 g/mol. The fraction of sp³-hybridized carbons (Fsp3) is 0.500. The van der Waals surface area contributed by atoms with Gasteiger partial charge in [-0.2, -0.15) is 0 Å². The summed E-state index contributed by atoms with van der Waals surface area (Å²) in [6, 6.07) is 15.3. The van der Waals surface area contributed by atoms with E-state index in [1.165, 1.54) is 12.8 Å². The largest absolute Gasteiger partial charge is 0.496 e. The minimum atomic E-state index is -0.0293. The van der Waals surface area contributed by atoms with Gasteiger partial charge < -0.3 is 24.0 Å². The highest BCUT2D eigenvalue weighted by molar-refractivity contribution is 5.85. The Kier molecular flexibility index (Phi) is 11.9. The highest BCUT2D eigenvalue weighted by Crippen LogP contribution is 2.21. The molecule has 182 valence electrons. The Morgan fingerprint density at radius 1 is 1.00 bits per heavy atom. The van der Waals surface area contributed by atoms with Crippen LogP contribution >= 0.6 is 12.4 Å². The second-order valence-corrected chi connectivity index (χ2v) is 8.14. The van der Waals surface area contributed by atoms with Crippen LogP contribution in [0.2, 0.25) is 0 Å². The van der Waals surface area contributed by atoms with Crippen molar-refractivity contribution in [2.45, 2.75) is 39.2 Å². The van der Waals surface area contributed by atoms with Gasteiger partial charge in [-0.25, -0.2) is 0 Å². The molecule has 2 aromatic carbocycles. The number of carbonyl (C=O) groups is 1. The number of ether oxygens (including phenoxy) is 3. The number of unbranched alkanes of at least 4 members (excludes halogenated alkanes) is 1. The van der Waals surface area contributed by atoms with Gasteiger partial charge in [0.2, 0.25) is 0 Å². The van der Waals surface area contributed by atoms with Crippen LogP contribution in [0.15, 0.2) is 48.5 Å². The van der Waals surface area contributed by atoms with Crippen LogP contribution in [-0.2, 0) is 11.3 Å². The zero-order valence-corrected chi connectivity index (χ0v) is 20.6. The van der Waals surface area contributed by atoms with Gasteiger partial charge in [0, 0.05) is 25.2 Å². The molecule has 3 rings (SSSR count). The van der Waals surface area contributed by atoms with E-state index in [-0.39, 0.29) is 24.9 Å². The number of para-hydroxylation sites is 1. The maximum atomic E-state index is 13.1. The number of hydrogen-bond acceptors (Lipinski definition) is 5. The Morgan fingerprint density at radius 3 is 2.33 bits per heavy atom. The first-order valence-electron chi connectivity index (χ1n) is 11.7. The van der Waals surface area contributed by atoms with E-state index >= 15 is 0 Å². The van der Waals surface area contributed by atoms with Crippen molar-refractivity contribution in [1.82, 2.24) is 9.80 Å². The molecule has 0 bridgehead atoms. The summed E-state index contributed by atoms with van der Waals surface area (Å²) in [5, 5.41) is 0. The molecule has 0 N–H and O–H groups in total. The highest BCUT2D eigenvalue weighted by atomic mass is 35.5. The number of rotatable bonds is 13. The molecule has 0 saturated carbocycles. The zero-order valence-electron chi connectivity index (χ0n) is 19.8. The summed E-state index contributed by atoms with van der Waals surface area (Å²) < 4.78 is 17.0. The van der Waals surface area contributed by atoms with Crippen molar-refractivity contribution >= 4 is 18.3 Å². The van der Waals surface area contributed by atoms with Crippen LogP contribution in [0.1, 0.15) is 38.2 Å². The fourth-order valence-electron chi connectivity index (χ4n) is 3.80. The van der Waals surface area contributed by atoms with E-state index in [1.807, 2.05) is 53.4 Å². The molecule has 0 aliphatic carbocycles. The van der Waals surface area contributed by atoms with E-state index in [9.17, 15) is 4.79 Å². The van der Waals surface area contributed by atoms with Gasteiger partial charge in [-0.15, -0.1) is 12.4 Å². The average Bonchev–Trinajstić information content (AvgIpc) is 3.35. The molecule has 0 aromatic heterocycles. The van der Waals surface area contributed by atoms with E-state index in [2.05, 4.69) is 11.8 Å². The molecule has 1 aliphatic rings. The van der Waals surface area contributed by atoms with Crippen molar-refractivity contribution in [3.05, 3.63) is 54.1 Å². The Hall–Kier alpha value is -2.44. The molecular formula is C26H37ClN2O4. The van der Waals surface area contributed by atoms with E-state index in [4.69, 9.17) is 14.2 Å². The van der Waals surface area contributed by atoms with Crippen molar-refractivity contribution in [3.63, 3.8) is 0 Å². The van der Waals surface area contributed by atoms with E-state index in [0.29, 0.717) is 25.4 Å². The summed E-state index contributed by atoms with van der Waals surface area (Å²) in [7, 11) is 1.66. The second-order valence-electron chi connectivity index (χ2n) is 8.14. The number of amides is 1. The number of benzene rings is 2. The molecule has 33 heavy (non-hydrogen) atoms. The number of carbonyl (C=O) groups excluding carboxylic acids is 1. The lowest BCUT2D eigenvalue weighted by atomic mass is 10.2. The van der Waals surface area contributed by atoms with Crippen LogP contribution in [0.5, 0.6) is 17.2 Å². The third-order valence-corrected chi connectivity index (χ3v) is 5.74. The molecule has 0 radical (unpaired) electrons. The van der Waals surface area contributed by atoms with Gasteiger partial charge in [-0.3, -0.25) is 4.79 Å². The van der Waals surface area contributed by atoms with Crippen molar-refractivity contribution < 1.29 is 19.0 Å². The van der Waals surface area contributed by atoms with Crippen molar-refractivity contribution in [2.75, 3.05) is 46.5 Å². The Bertz CT molecular complexity index is 825. The third kappa shape index (κ3) is 8.78. The summed E-state index contributed by atoms with van der Waals surface area (Å²) in [4.78, 5) is 17.4. The normalized spacial score (nSPS) is 13.3. The van der Waals surface area contributed by atoms with Crippen LogP contribution in [0.4, 0.5) is 0 Å². The van der Waals surface area contributed by atoms with Crippen molar-refractivity contribution in [1.29, 1.82) is 0 Å². The van der Waals surface area contributed by atoms with E-state index < -0.39 is 0 Å². The number of nitrogens with zero attached hydrogens (tertiary/aromatic N) is 2. The molecule has 1 amide bonds. The third-order valence-electron chi connectivity index (χ3n) is 5.74. The lowest BCUT2D eigenvalue weighted by Gasteiger charge is -2.26. The van der Waals surface area contributed by atoms with Gasteiger partial charge >= 0.3 is 0 Å². The summed E-state index contributed by atoms with van der Waals surface area (Å²) in [6.45, 7) is 7.13. The Labute approximate surface area is 204 Å². The molecule has 1 heterocycles. The minimum absolute atomic E-state index is 0. The first-order chi connectivity index (χ1) is 15.7. The molecule has 6 nitrogen and oxygen atoms in total. The number of methoxy groups -OCH3 is 1. The lowest BCUT2D eigenvalue weighted by molar-refractivity contribution is -0.134. The van der Waals surface area contributed by atoms with Gasteiger partial charge in [-0.1, -0.05) is 31.5 Å². The second kappa shape index (κ2) is 14.7. The molecule has 2 aromatic rings. The van der Waals surface area contributed by atoms with Crippen molar-refractivity contribution in [3.8, 4) is 17.2 Å². The standard InChI is InChI=1S/C26H36N2O4.ClH/c1-3-4-19-31-23-11-13-24(14-12-23)32-21-26(29)28(18-17-27-15-7-8-16-27)20-22-9-5-6-10-25(22)30-2;/h5-6,9-14H,3-4,7-8,15-21H2,1-2H3;1H. The van der Waals surface area contributed by atoms with E-state index in [1.54, 1.807) is 7.11 Å². The zero-order chi connectivity index (χ0) is 22.6. The Balaban J connectivity index is 0.00000385. The van der Waals surface area contributed by atoms with Gasteiger partial charge in [0.25, 0.3) is 5.91 Å². The summed E-state index contributed by atoms with van der Waals surface area (Å²) >= 11 is 0. The summed E-state index contributed by atoms with van der Waals surface area (Å²) in [6.07, 6.45) is 4.61. The average molecular weight is 477 g/mol. The molecule has 1 fully saturated rings. The topological polar surface area (TPSA) is 51.2 Å². The highest BCUT2D eigenvalue weighted by Gasteiger charge is 2.19. The predicted octanol–water partition coefficient (Wildman–Crippen LogP) is 4.80. The van der Waals surface area contributed by atoms with Crippen LogP contribution in [0.25, 0.3) is 0 Å². The van der Waals surface area contributed by atoms with E-state index in [0.717, 1.165) is 49.5 Å². The maximum absolute atomic E-state index is 13.1. The Morgan fingerprint density at radius 2 is 1.67 bits per heavy atom. The maximum Gasteiger partial charge on any atom is 0.260 e. The fourth-order valence-corrected chi connectivity index (χ4v) is 3.80. The quantitative estimate of drug-likeness (QED) is 0.389. The monoisotopic (exact) mass is 476 g/mol. The van der Waals surface area contributed by atoms with Crippen LogP contribution in [0.3, 0.4) is 0 Å². The smallest absolute Gasteiger partial charge is 0.260 e.